The number of nitrogens with two attached hydrogens (primary N) is 1. The summed E-state index contributed by atoms with van der Waals surface area (Å²) in [4.78, 5) is 39.0. The zero-order chi connectivity index (χ0) is 24.6. The lowest BCUT2D eigenvalue weighted by atomic mass is 10.0. The molecule has 0 aromatic rings. The first-order chi connectivity index (χ1) is 16.0. The van der Waals surface area contributed by atoms with E-state index in [-0.39, 0.29) is 17.0 Å². The van der Waals surface area contributed by atoms with Crippen LogP contribution in [0.1, 0.15) is 27.2 Å². The maximum absolute atomic E-state index is 12.2. The normalized spacial score (nSPS) is 23.8. The van der Waals surface area contributed by atoms with Crippen molar-refractivity contribution >= 4 is 46.5 Å². The Labute approximate surface area is 206 Å². The number of alkyl carbamates (subject to hydrolysis) is 1. The fourth-order valence-corrected chi connectivity index (χ4v) is 5.90. The van der Waals surface area contributed by atoms with Gasteiger partial charge in [-0.15, -0.1) is 23.5 Å². The summed E-state index contributed by atoms with van der Waals surface area (Å²) in [6.07, 6.45) is 5.88. The zero-order valence-corrected chi connectivity index (χ0v) is 20.8. The molecule has 2 atom stereocenters. The highest BCUT2D eigenvalue weighted by molar-refractivity contribution is 8.13. The van der Waals surface area contributed by atoms with E-state index in [1.54, 1.807) is 16.8 Å². The van der Waals surface area contributed by atoms with Crippen molar-refractivity contribution in [2.45, 2.75) is 44.2 Å². The van der Waals surface area contributed by atoms with Gasteiger partial charge in [0.05, 0.1) is 5.04 Å². The molecule has 34 heavy (non-hydrogen) atoms. The van der Waals surface area contributed by atoms with Crippen molar-refractivity contribution in [2.24, 2.45) is 10.8 Å². The molecular weight excluding hydrogens is 480 g/mol. The Morgan fingerprint density at radius 2 is 2.15 bits per heavy atom. The average molecular weight is 509 g/mol. The molecule has 0 saturated carbocycles. The van der Waals surface area contributed by atoms with Gasteiger partial charge in [-0.25, -0.2) is 14.6 Å². The largest absolute Gasteiger partial charge is 0.477 e. The number of fused-ring (bicyclic) bond motifs is 2. The number of β-lactam (4-membered cyclic amide) rings is 1. The molecule has 4 heterocycles. The Morgan fingerprint density at radius 1 is 1.38 bits per heavy atom. The van der Waals surface area contributed by atoms with Crippen LogP contribution in [0.25, 0.3) is 0 Å². The second-order valence-electron chi connectivity index (χ2n) is 9.00. The van der Waals surface area contributed by atoms with E-state index in [0.717, 1.165) is 10.9 Å². The van der Waals surface area contributed by atoms with Crippen molar-refractivity contribution in [1.82, 2.24) is 20.1 Å². The van der Waals surface area contributed by atoms with Crippen LogP contribution in [0, 0.1) is 0 Å². The summed E-state index contributed by atoms with van der Waals surface area (Å²) in [6.45, 7) is 6.25. The first-order valence-corrected chi connectivity index (χ1v) is 12.9. The first kappa shape index (κ1) is 24.5. The van der Waals surface area contributed by atoms with Gasteiger partial charge in [-0.3, -0.25) is 9.69 Å². The fraction of sp³-hybridized carbons (Fsp3) is 0.524. The molecule has 13 heteroatoms. The van der Waals surface area contributed by atoms with Gasteiger partial charge >= 0.3 is 12.1 Å². The Morgan fingerprint density at radius 3 is 2.85 bits per heavy atom. The minimum Gasteiger partial charge on any atom is -0.477 e. The van der Waals surface area contributed by atoms with Crippen LogP contribution < -0.4 is 11.1 Å². The number of aliphatic carboxylic acids is 1. The molecule has 0 aromatic heterocycles. The number of amides is 2. The lowest BCUT2D eigenvalue weighted by Gasteiger charge is -2.48. The third-order valence-corrected chi connectivity index (χ3v) is 7.64. The van der Waals surface area contributed by atoms with E-state index in [0.29, 0.717) is 36.6 Å². The number of carbonyl (C=O) groups excluding carboxylic acids is 2. The average Bonchev–Trinajstić information content (AvgIpc) is 3.16. The maximum atomic E-state index is 12.2. The third-order valence-electron chi connectivity index (χ3n) is 5.29. The molecule has 4 rings (SSSR count). The summed E-state index contributed by atoms with van der Waals surface area (Å²) in [5.74, 6) is 0.523. The molecule has 0 aromatic carbocycles. The van der Waals surface area contributed by atoms with Crippen LogP contribution in [0.15, 0.2) is 40.7 Å². The molecule has 4 N–H and O–H groups in total. The van der Waals surface area contributed by atoms with Crippen LogP contribution in [0.2, 0.25) is 0 Å². The van der Waals surface area contributed by atoms with Crippen molar-refractivity contribution in [1.29, 1.82) is 0 Å². The number of rotatable bonds is 6. The van der Waals surface area contributed by atoms with Crippen LogP contribution in [0.4, 0.5) is 4.79 Å². The molecule has 184 valence electrons. The van der Waals surface area contributed by atoms with Gasteiger partial charge in [0.25, 0.3) is 0 Å². The molecule has 0 bridgehead atoms. The number of nitrogens with zero attached hydrogens (tertiary/aromatic N) is 4. The van der Waals surface area contributed by atoms with Crippen molar-refractivity contribution in [2.75, 3.05) is 24.6 Å². The highest BCUT2D eigenvalue weighted by Gasteiger charge is 2.51. The van der Waals surface area contributed by atoms with Gasteiger partial charge in [0, 0.05) is 43.4 Å². The summed E-state index contributed by atoms with van der Waals surface area (Å²) in [5, 5.41) is 19.5. The van der Waals surface area contributed by atoms with E-state index >= 15 is 0 Å². The molecule has 0 aliphatic carbocycles. The molecular formula is C21H28N6O5S2. The topological polar surface area (TPSA) is 141 Å². The van der Waals surface area contributed by atoms with E-state index in [1.807, 2.05) is 44.1 Å². The van der Waals surface area contributed by atoms with E-state index in [4.69, 9.17) is 10.5 Å². The number of hydrazone groups is 1. The number of carbonyl (C=O) groups is 3. The van der Waals surface area contributed by atoms with Gasteiger partial charge in [-0.05, 0) is 32.4 Å². The summed E-state index contributed by atoms with van der Waals surface area (Å²) in [7, 11) is 0. The minimum absolute atomic E-state index is 0.0379. The van der Waals surface area contributed by atoms with Crippen molar-refractivity contribution in [3.8, 4) is 0 Å². The number of nitrogens with one attached hydrogen (secondary N) is 1. The van der Waals surface area contributed by atoms with E-state index < -0.39 is 23.7 Å². The Kier molecular flexibility index (Phi) is 6.87. The monoisotopic (exact) mass is 508 g/mol. The molecule has 2 amide bonds. The van der Waals surface area contributed by atoms with E-state index in [1.165, 1.54) is 16.7 Å². The Balaban J connectivity index is 1.31. The molecule has 1 fully saturated rings. The third kappa shape index (κ3) is 5.05. The van der Waals surface area contributed by atoms with Crippen molar-refractivity contribution in [3.63, 3.8) is 0 Å². The van der Waals surface area contributed by atoms with Crippen molar-refractivity contribution in [3.05, 3.63) is 35.6 Å². The molecule has 0 spiro atoms. The van der Waals surface area contributed by atoms with Crippen LogP contribution in [-0.4, -0.2) is 84.5 Å². The molecule has 4 aliphatic rings. The minimum atomic E-state index is -1.12. The summed E-state index contributed by atoms with van der Waals surface area (Å²) in [5.41, 5.74) is 5.99. The van der Waals surface area contributed by atoms with Gasteiger partial charge in [0.1, 0.15) is 28.5 Å². The van der Waals surface area contributed by atoms with Gasteiger partial charge in [0.15, 0.2) is 0 Å². The number of ether oxygens (including phenoxy) is 1. The number of hydrogen-bond donors (Lipinski definition) is 3. The summed E-state index contributed by atoms with van der Waals surface area (Å²) >= 11 is 3.04. The standard InChI is InChI=1S/C21H28N6O5S2/c1-21(2,3)32-20(31)23-6-9-33-13-4-5-14-25(7-8-26(14)24-13)10-12-11-34-18-15(22)17(28)27(18)16(12)19(29)30/h5,7-8,15,18H,4,6,9-11,22H2,1-3H3,(H,23,31)(H,29,30)/t15-,18+/m1/s1. The van der Waals surface area contributed by atoms with Crippen LogP contribution in [-0.2, 0) is 14.3 Å². The van der Waals surface area contributed by atoms with E-state index in [9.17, 15) is 19.5 Å². The van der Waals surface area contributed by atoms with Crippen molar-refractivity contribution < 1.29 is 24.2 Å². The van der Waals surface area contributed by atoms with Gasteiger partial charge in [-0.1, -0.05) is 0 Å². The second kappa shape index (κ2) is 9.55. The number of thioether (sulfide) groups is 2. The molecule has 1 saturated heterocycles. The van der Waals surface area contributed by atoms with E-state index in [2.05, 4.69) is 10.4 Å². The molecule has 11 nitrogen and oxygen atoms in total. The molecule has 0 radical (unpaired) electrons. The Hall–Kier alpha value is -2.64. The SMILES string of the molecule is CC(C)(C)OC(=O)NCCSC1=NN2C=CN(CC3=C(C(=O)O)N4C(=O)[C@@H](N)[C@@H]4SC3)C2=CC1. The predicted octanol–water partition coefficient (Wildman–Crippen LogP) is 1.47. The van der Waals surface area contributed by atoms with Gasteiger partial charge in [-0.2, -0.15) is 5.10 Å². The van der Waals surface area contributed by atoms with Gasteiger partial charge < -0.3 is 25.8 Å². The number of carboxylic acids is 1. The van der Waals surface area contributed by atoms with Crippen LogP contribution in [0.5, 0.6) is 0 Å². The number of carboxylic acid groups (broad SMARTS) is 1. The van der Waals surface area contributed by atoms with Gasteiger partial charge in [0.2, 0.25) is 5.91 Å². The summed E-state index contributed by atoms with van der Waals surface area (Å²) in [6, 6.07) is -0.645. The molecule has 0 unspecified atom stereocenters. The van der Waals surface area contributed by atoms with Crippen LogP contribution in [0.3, 0.4) is 0 Å². The smallest absolute Gasteiger partial charge is 0.407 e. The first-order valence-electron chi connectivity index (χ1n) is 10.8. The predicted molar refractivity (Wildman–Crippen MR) is 130 cm³/mol. The quantitative estimate of drug-likeness (QED) is 0.357. The lowest BCUT2D eigenvalue weighted by molar-refractivity contribution is -0.148. The maximum Gasteiger partial charge on any atom is 0.407 e. The fourth-order valence-electron chi connectivity index (χ4n) is 3.83. The highest BCUT2D eigenvalue weighted by atomic mass is 32.2. The number of hydrogen-bond acceptors (Lipinski definition) is 10. The van der Waals surface area contributed by atoms with Crippen LogP contribution >= 0.6 is 23.5 Å². The number of allylic oxidation sites excluding steroid dienone is 1. The second-order valence-corrected chi connectivity index (χ2v) is 11.3. The zero-order valence-electron chi connectivity index (χ0n) is 19.2. The Bertz CT molecular complexity index is 1020. The summed E-state index contributed by atoms with van der Waals surface area (Å²) < 4.78 is 5.22. The lowest BCUT2D eigenvalue weighted by Crippen LogP contribution is -2.68. The highest BCUT2D eigenvalue weighted by Crippen LogP contribution is 2.40. The molecule has 4 aliphatic heterocycles.